The Hall–Kier alpha value is -2.08. The minimum absolute atomic E-state index is 0.0114. The lowest BCUT2D eigenvalue weighted by atomic mass is 10.1. The summed E-state index contributed by atoms with van der Waals surface area (Å²) in [6.45, 7) is 1.23. The SMILES string of the molecule is CN(C)c1cccc(C(=O)NCCCCn2cc(Br)ccc2=O)c1. The average Bonchev–Trinajstić information content (AvgIpc) is 2.57. The number of anilines is 1. The van der Waals surface area contributed by atoms with Crippen molar-refractivity contribution >= 4 is 27.5 Å². The first-order valence-electron chi connectivity index (χ1n) is 7.89. The summed E-state index contributed by atoms with van der Waals surface area (Å²) in [5, 5.41) is 2.92. The van der Waals surface area contributed by atoms with E-state index in [4.69, 9.17) is 0 Å². The maximum atomic E-state index is 12.2. The van der Waals surface area contributed by atoms with Gasteiger partial charge in [-0.15, -0.1) is 0 Å². The van der Waals surface area contributed by atoms with E-state index in [0.29, 0.717) is 18.7 Å². The molecule has 2 rings (SSSR count). The maximum absolute atomic E-state index is 12.2. The highest BCUT2D eigenvalue weighted by molar-refractivity contribution is 9.10. The first kappa shape index (κ1) is 18.3. The number of hydrogen-bond donors (Lipinski definition) is 1. The highest BCUT2D eigenvalue weighted by Crippen LogP contribution is 2.13. The Balaban J connectivity index is 1.78. The number of hydrogen-bond acceptors (Lipinski definition) is 3. The smallest absolute Gasteiger partial charge is 0.251 e. The molecule has 0 unspecified atom stereocenters. The number of nitrogens with one attached hydrogen (secondary N) is 1. The van der Waals surface area contributed by atoms with Crippen molar-refractivity contribution in [3.05, 3.63) is 63.0 Å². The third-order valence-electron chi connectivity index (χ3n) is 3.68. The normalized spacial score (nSPS) is 10.5. The predicted octanol–water partition coefficient (Wildman–Crippen LogP) is 2.89. The minimum Gasteiger partial charge on any atom is -0.378 e. The third kappa shape index (κ3) is 5.23. The predicted molar refractivity (Wildman–Crippen MR) is 101 cm³/mol. The van der Waals surface area contributed by atoms with E-state index < -0.39 is 0 Å². The van der Waals surface area contributed by atoms with Crippen LogP contribution < -0.4 is 15.8 Å². The summed E-state index contributed by atoms with van der Waals surface area (Å²) < 4.78 is 2.56. The van der Waals surface area contributed by atoms with Crippen molar-refractivity contribution in [2.45, 2.75) is 19.4 Å². The number of rotatable bonds is 7. The molecule has 0 saturated carbocycles. The Morgan fingerprint density at radius 1 is 1.21 bits per heavy atom. The lowest BCUT2D eigenvalue weighted by Gasteiger charge is -2.13. The van der Waals surface area contributed by atoms with Gasteiger partial charge in [-0.1, -0.05) is 6.07 Å². The zero-order chi connectivity index (χ0) is 17.5. The fourth-order valence-electron chi connectivity index (χ4n) is 2.31. The molecule has 24 heavy (non-hydrogen) atoms. The van der Waals surface area contributed by atoms with Crippen LogP contribution >= 0.6 is 15.9 Å². The van der Waals surface area contributed by atoms with E-state index in [0.717, 1.165) is 23.0 Å². The highest BCUT2D eigenvalue weighted by Gasteiger charge is 2.06. The number of amides is 1. The molecule has 2 aromatic rings. The van der Waals surface area contributed by atoms with Gasteiger partial charge in [-0.25, -0.2) is 0 Å². The summed E-state index contributed by atoms with van der Waals surface area (Å²) in [4.78, 5) is 25.8. The molecule has 1 aromatic carbocycles. The standard InChI is InChI=1S/C18H22BrN3O2/c1-21(2)16-7-5-6-14(12-16)18(24)20-10-3-4-11-22-13-15(19)8-9-17(22)23/h5-9,12-13H,3-4,10-11H2,1-2H3,(H,20,24). The zero-order valence-corrected chi connectivity index (χ0v) is 15.5. The molecular weight excluding hydrogens is 370 g/mol. The van der Waals surface area contributed by atoms with Crippen LogP contribution in [0.2, 0.25) is 0 Å². The molecule has 128 valence electrons. The van der Waals surface area contributed by atoms with Crippen LogP contribution in [0.5, 0.6) is 0 Å². The topological polar surface area (TPSA) is 54.3 Å². The van der Waals surface area contributed by atoms with Gasteiger partial charge in [0.05, 0.1) is 0 Å². The van der Waals surface area contributed by atoms with Crippen LogP contribution in [0.25, 0.3) is 0 Å². The van der Waals surface area contributed by atoms with Crippen LogP contribution in [-0.2, 0) is 6.54 Å². The maximum Gasteiger partial charge on any atom is 0.251 e. The monoisotopic (exact) mass is 391 g/mol. The summed E-state index contributed by atoms with van der Waals surface area (Å²) in [7, 11) is 3.89. The molecule has 0 fully saturated rings. The van der Waals surface area contributed by atoms with E-state index in [1.807, 2.05) is 43.3 Å². The van der Waals surface area contributed by atoms with Gasteiger partial charge < -0.3 is 14.8 Å². The number of nitrogens with zero attached hydrogens (tertiary/aromatic N) is 2. The fourth-order valence-corrected chi connectivity index (χ4v) is 2.69. The molecule has 1 N–H and O–H groups in total. The molecule has 6 heteroatoms. The Labute approximate surface area is 150 Å². The summed E-state index contributed by atoms with van der Waals surface area (Å²) in [6.07, 6.45) is 3.43. The van der Waals surface area contributed by atoms with Gasteiger partial charge >= 0.3 is 0 Å². The van der Waals surface area contributed by atoms with E-state index in [2.05, 4.69) is 21.2 Å². The number of halogens is 1. The number of unbranched alkanes of at least 4 members (excludes halogenated alkanes) is 1. The summed E-state index contributed by atoms with van der Waals surface area (Å²) in [6, 6.07) is 10.8. The van der Waals surface area contributed by atoms with E-state index >= 15 is 0 Å². The van der Waals surface area contributed by atoms with Crippen LogP contribution in [0.3, 0.4) is 0 Å². The van der Waals surface area contributed by atoms with Crippen molar-refractivity contribution in [1.29, 1.82) is 0 Å². The Morgan fingerprint density at radius 2 is 2.00 bits per heavy atom. The first-order chi connectivity index (χ1) is 11.5. The van der Waals surface area contributed by atoms with Crippen molar-refractivity contribution in [3.8, 4) is 0 Å². The molecule has 0 aliphatic rings. The van der Waals surface area contributed by atoms with Gasteiger partial charge in [-0.2, -0.15) is 0 Å². The van der Waals surface area contributed by atoms with Crippen molar-refractivity contribution in [2.24, 2.45) is 0 Å². The van der Waals surface area contributed by atoms with Gasteiger partial charge in [0.2, 0.25) is 0 Å². The second kappa shape index (κ2) is 8.68. The molecule has 5 nitrogen and oxygen atoms in total. The molecule has 0 radical (unpaired) electrons. The Kier molecular flexibility index (Phi) is 6.61. The van der Waals surface area contributed by atoms with E-state index in [1.54, 1.807) is 22.9 Å². The van der Waals surface area contributed by atoms with E-state index in [-0.39, 0.29) is 11.5 Å². The lowest BCUT2D eigenvalue weighted by molar-refractivity contribution is 0.0953. The molecule has 0 aliphatic heterocycles. The molecule has 0 atom stereocenters. The minimum atomic E-state index is -0.0710. The lowest BCUT2D eigenvalue weighted by Crippen LogP contribution is -2.25. The van der Waals surface area contributed by atoms with E-state index in [1.165, 1.54) is 0 Å². The zero-order valence-electron chi connectivity index (χ0n) is 14.0. The molecule has 0 saturated heterocycles. The van der Waals surface area contributed by atoms with Crippen molar-refractivity contribution < 1.29 is 4.79 Å². The van der Waals surface area contributed by atoms with Crippen LogP contribution in [0.4, 0.5) is 5.69 Å². The molecular formula is C18H22BrN3O2. The number of pyridine rings is 1. The summed E-state index contributed by atoms with van der Waals surface area (Å²) in [5.41, 5.74) is 1.64. The van der Waals surface area contributed by atoms with Gasteiger partial charge in [0, 0.05) is 55.2 Å². The third-order valence-corrected chi connectivity index (χ3v) is 4.15. The first-order valence-corrected chi connectivity index (χ1v) is 8.68. The second-order valence-electron chi connectivity index (χ2n) is 5.79. The molecule has 1 heterocycles. The average molecular weight is 392 g/mol. The second-order valence-corrected chi connectivity index (χ2v) is 6.70. The number of carbonyl (C=O) groups excluding carboxylic acids is 1. The van der Waals surface area contributed by atoms with Crippen molar-refractivity contribution in [3.63, 3.8) is 0 Å². The molecule has 0 bridgehead atoms. The van der Waals surface area contributed by atoms with Crippen molar-refractivity contribution in [2.75, 3.05) is 25.5 Å². The van der Waals surface area contributed by atoms with Crippen LogP contribution in [0.1, 0.15) is 23.2 Å². The molecule has 1 aromatic heterocycles. The van der Waals surface area contributed by atoms with E-state index in [9.17, 15) is 9.59 Å². The highest BCUT2D eigenvalue weighted by atomic mass is 79.9. The molecule has 1 amide bonds. The van der Waals surface area contributed by atoms with Gasteiger partial charge in [-0.05, 0) is 53.0 Å². The number of carbonyl (C=O) groups is 1. The van der Waals surface area contributed by atoms with Crippen LogP contribution in [-0.4, -0.2) is 31.1 Å². The summed E-state index contributed by atoms with van der Waals surface area (Å²) >= 11 is 3.36. The largest absolute Gasteiger partial charge is 0.378 e. The Bertz CT molecular complexity index is 756. The van der Waals surface area contributed by atoms with Crippen LogP contribution in [0.15, 0.2) is 51.9 Å². The molecule has 0 spiro atoms. The van der Waals surface area contributed by atoms with Gasteiger partial charge in [-0.3, -0.25) is 9.59 Å². The van der Waals surface area contributed by atoms with Gasteiger partial charge in [0.1, 0.15) is 0 Å². The van der Waals surface area contributed by atoms with Crippen molar-refractivity contribution in [1.82, 2.24) is 9.88 Å². The summed E-state index contributed by atoms with van der Waals surface area (Å²) in [5.74, 6) is -0.0710. The fraction of sp³-hybridized carbons (Fsp3) is 0.333. The molecule has 0 aliphatic carbocycles. The Morgan fingerprint density at radius 3 is 2.75 bits per heavy atom. The quantitative estimate of drug-likeness (QED) is 0.738. The van der Waals surface area contributed by atoms with Gasteiger partial charge in [0.25, 0.3) is 11.5 Å². The van der Waals surface area contributed by atoms with Crippen LogP contribution in [0, 0.1) is 0 Å². The van der Waals surface area contributed by atoms with Gasteiger partial charge in [0.15, 0.2) is 0 Å². The number of benzene rings is 1. The number of aromatic nitrogens is 1. The number of aryl methyl sites for hydroxylation is 1.